The molecular formula is C14H18ClN3. The molecule has 1 heterocycles. The normalized spacial score (nSPS) is 24.4. The minimum Gasteiger partial charge on any atom is -0.366 e. The maximum atomic E-state index is 8.97. The number of benzene rings is 1. The predicted molar refractivity (Wildman–Crippen MR) is 74.8 cm³/mol. The molecule has 0 spiro atoms. The number of anilines is 1. The summed E-state index contributed by atoms with van der Waals surface area (Å²) >= 11 is 6.06. The second kappa shape index (κ2) is 6.08. The van der Waals surface area contributed by atoms with Gasteiger partial charge in [0.25, 0.3) is 0 Å². The number of halogens is 1. The van der Waals surface area contributed by atoms with Crippen molar-refractivity contribution < 1.29 is 0 Å². The molecule has 1 fully saturated rings. The Labute approximate surface area is 113 Å². The van der Waals surface area contributed by atoms with Crippen LogP contribution in [0.4, 0.5) is 5.69 Å². The van der Waals surface area contributed by atoms with Gasteiger partial charge in [0.15, 0.2) is 0 Å². The van der Waals surface area contributed by atoms with Crippen LogP contribution in [0.5, 0.6) is 0 Å². The van der Waals surface area contributed by atoms with Crippen LogP contribution in [-0.2, 0) is 0 Å². The lowest BCUT2D eigenvalue weighted by molar-refractivity contribution is 0.563. The molecule has 1 aliphatic heterocycles. The van der Waals surface area contributed by atoms with Crippen LogP contribution in [0.2, 0.25) is 5.02 Å². The Morgan fingerprint density at radius 3 is 3.06 bits per heavy atom. The van der Waals surface area contributed by atoms with Gasteiger partial charge in [-0.3, -0.25) is 0 Å². The summed E-state index contributed by atoms with van der Waals surface area (Å²) in [4.78, 5) is 2.31. The minimum atomic E-state index is 0.221. The molecule has 0 bridgehead atoms. The molecule has 18 heavy (non-hydrogen) atoms. The minimum absolute atomic E-state index is 0.221. The first kappa shape index (κ1) is 13.2. The lowest BCUT2D eigenvalue weighted by Crippen LogP contribution is -2.40. The van der Waals surface area contributed by atoms with Gasteiger partial charge in [-0.05, 0) is 30.7 Å². The maximum absolute atomic E-state index is 8.97. The summed E-state index contributed by atoms with van der Waals surface area (Å²) in [5.41, 5.74) is 1.11. The van der Waals surface area contributed by atoms with Gasteiger partial charge in [0.2, 0.25) is 0 Å². The van der Waals surface area contributed by atoms with Crippen molar-refractivity contribution >= 4 is 17.3 Å². The summed E-state index contributed by atoms with van der Waals surface area (Å²) in [5.74, 6) is 0.563. The Morgan fingerprint density at radius 1 is 1.50 bits per heavy atom. The molecule has 2 rings (SSSR count). The van der Waals surface area contributed by atoms with E-state index < -0.39 is 0 Å². The molecule has 96 valence electrons. The highest BCUT2D eigenvalue weighted by Gasteiger charge is 2.24. The average Bonchev–Trinajstić information content (AvgIpc) is 2.52. The highest BCUT2D eigenvalue weighted by molar-refractivity contribution is 6.30. The van der Waals surface area contributed by atoms with Crippen LogP contribution in [0.15, 0.2) is 24.3 Å². The van der Waals surface area contributed by atoms with E-state index in [0.717, 1.165) is 30.3 Å². The number of rotatable bonds is 2. The molecule has 1 N–H and O–H groups in total. The molecule has 3 nitrogen and oxygen atoms in total. The molecule has 1 aromatic rings. The predicted octanol–water partition coefficient (Wildman–Crippen LogP) is 2.67. The molecule has 1 aliphatic rings. The van der Waals surface area contributed by atoms with Crippen LogP contribution < -0.4 is 10.2 Å². The van der Waals surface area contributed by atoms with Crippen LogP contribution in [0.3, 0.4) is 0 Å². The van der Waals surface area contributed by atoms with E-state index in [2.05, 4.69) is 29.3 Å². The molecule has 2 atom stereocenters. The van der Waals surface area contributed by atoms with Crippen LogP contribution in [0.1, 0.15) is 13.3 Å². The van der Waals surface area contributed by atoms with Gasteiger partial charge in [-0.2, -0.15) is 5.26 Å². The first-order valence-electron chi connectivity index (χ1n) is 6.30. The van der Waals surface area contributed by atoms with Crippen molar-refractivity contribution in [3.63, 3.8) is 0 Å². The maximum Gasteiger partial charge on any atom is 0.0643 e. The van der Waals surface area contributed by atoms with E-state index in [0.29, 0.717) is 12.3 Å². The summed E-state index contributed by atoms with van der Waals surface area (Å²) in [6.07, 6.45) is 0.534. The number of hydrogen-bond donors (Lipinski definition) is 1. The Bertz CT molecular complexity index is 441. The van der Waals surface area contributed by atoms with Gasteiger partial charge in [0.1, 0.15) is 0 Å². The smallest absolute Gasteiger partial charge is 0.0643 e. The van der Waals surface area contributed by atoms with Gasteiger partial charge in [0.05, 0.1) is 18.5 Å². The van der Waals surface area contributed by atoms with Crippen molar-refractivity contribution in [2.24, 2.45) is 5.92 Å². The van der Waals surface area contributed by atoms with E-state index in [-0.39, 0.29) is 6.04 Å². The lowest BCUT2D eigenvalue weighted by Gasteiger charge is -2.31. The Kier molecular flexibility index (Phi) is 4.46. The topological polar surface area (TPSA) is 39.1 Å². The van der Waals surface area contributed by atoms with Gasteiger partial charge < -0.3 is 10.2 Å². The van der Waals surface area contributed by atoms with E-state index >= 15 is 0 Å². The molecule has 2 unspecified atom stereocenters. The summed E-state index contributed by atoms with van der Waals surface area (Å²) in [7, 11) is 0. The van der Waals surface area contributed by atoms with E-state index in [4.69, 9.17) is 16.9 Å². The highest BCUT2D eigenvalue weighted by atomic mass is 35.5. The second-order valence-electron chi connectivity index (χ2n) is 4.91. The zero-order valence-electron chi connectivity index (χ0n) is 10.6. The Balaban J connectivity index is 2.26. The molecule has 0 amide bonds. The van der Waals surface area contributed by atoms with Crippen molar-refractivity contribution in [3.8, 4) is 6.07 Å². The second-order valence-corrected chi connectivity index (χ2v) is 5.35. The summed E-state index contributed by atoms with van der Waals surface area (Å²) < 4.78 is 0. The fraction of sp³-hybridized carbons (Fsp3) is 0.500. The van der Waals surface area contributed by atoms with Crippen molar-refractivity contribution in [2.75, 3.05) is 24.5 Å². The average molecular weight is 264 g/mol. The standard InChI is InChI=1S/C14H18ClN3/c1-11-8-17-9-14(5-6-16)18(10-11)13-4-2-3-12(15)7-13/h2-4,7,11,14,17H,5,8-10H2,1H3. The van der Waals surface area contributed by atoms with Crippen molar-refractivity contribution in [1.82, 2.24) is 5.32 Å². The van der Waals surface area contributed by atoms with Crippen molar-refractivity contribution in [1.29, 1.82) is 5.26 Å². The van der Waals surface area contributed by atoms with Crippen LogP contribution in [0.25, 0.3) is 0 Å². The zero-order valence-corrected chi connectivity index (χ0v) is 11.3. The van der Waals surface area contributed by atoms with Crippen molar-refractivity contribution in [2.45, 2.75) is 19.4 Å². The van der Waals surface area contributed by atoms with Gasteiger partial charge in [-0.25, -0.2) is 0 Å². The van der Waals surface area contributed by atoms with E-state index in [9.17, 15) is 0 Å². The van der Waals surface area contributed by atoms with Gasteiger partial charge in [-0.15, -0.1) is 0 Å². The number of nitrogens with zero attached hydrogens (tertiary/aromatic N) is 2. The Hall–Kier alpha value is -1.24. The SMILES string of the molecule is CC1CNCC(CC#N)N(c2cccc(Cl)c2)C1. The van der Waals surface area contributed by atoms with E-state index in [1.54, 1.807) is 0 Å². The van der Waals surface area contributed by atoms with Crippen molar-refractivity contribution in [3.05, 3.63) is 29.3 Å². The van der Waals surface area contributed by atoms with E-state index in [1.165, 1.54) is 0 Å². The van der Waals surface area contributed by atoms with Gasteiger partial charge >= 0.3 is 0 Å². The third kappa shape index (κ3) is 3.16. The van der Waals surface area contributed by atoms with Gasteiger partial charge in [-0.1, -0.05) is 24.6 Å². The third-order valence-electron chi connectivity index (χ3n) is 3.29. The van der Waals surface area contributed by atoms with Crippen LogP contribution in [0, 0.1) is 17.2 Å². The molecule has 0 aromatic heterocycles. The quantitative estimate of drug-likeness (QED) is 0.892. The molecule has 0 saturated carbocycles. The van der Waals surface area contributed by atoms with E-state index in [1.807, 2.05) is 18.2 Å². The largest absolute Gasteiger partial charge is 0.366 e. The first-order chi connectivity index (χ1) is 8.70. The summed E-state index contributed by atoms with van der Waals surface area (Å²) in [6.45, 7) is 5.03. The van der Waals surface area contributed by atoms with Crippen LogP contribution >= 0.6 is 11.6 Å². The zero-order chi connectivity index (χ0) is 13.0. The Morgan fingerprint density at radius 2 is 2.33 bits per heavy atom. The monoisotopic (exact) mass is 263 g/mol. The summed E-state index contributed by atoms with van der Waals surface area (Å²) in [5, 5.41) is 13.1. The lowest BCUT2D eigenvalue weighted by atomic mass is 10.1. The number of hydrogen-bond acceptors (Lipinski definition) is 3. The summed E-state index contributed by atoms with van der Waals surface area (Å²) in [6, 6.07) is 10.4. The molecule has 1 aromatic carbocycles. The van der Waals surface area contributed by atoms with Gasteiger partial charge in [0, 0.05) is 23.8 Å². The number of nitriles is 1. The highest BCUT2D eigenvalue weighted by Crippen LogP contribution is 2.24. The molecule has 1 saturated heterocycles. The fourth-order valence-electron chi connectivity index (χ4n) is 2.41. The third-order valence-corrected chi connectivity index (χ3v) is 3.52. The van der Waals surface area contributed by atoms with Crippen LogP contribution in [-0.4, -0.2) is 25.7 Å². The fourth-order valence-corrected chi connectivity index (χ4v) is 2.60. The number of nitrogens with one attached hydrogen (secondary N) is 1. The molecule has 0 radical (unpaired) electrons. The first-order valence-corrected chi connectivity index (χ1v) is 6.68. The molecule has 0 aliphatic carbocycles. The molecule has 4 heteroatoms. The molecular weight excluding hydrogens is 246 g/mol.